The Hall–Kier alpha value is -0.0200. The normalized spacial score (nSPS) is 16.0. The molecule has 0 saturated heterocycles. The van der Waals surface area contributed by atoms with Gasteiger partial charge in [-0.05, 0) is 22.6 Å². The quantitative estimate of drug-likeness (QED) is 0.511. The Bertz CT molecular complexity index is 198. The van der Waals surface area contributed by atoms with Gasteiger partial charge >= 0.3 is 12.1 Å². The molecule has 0 N–H and O–H groups in total. The molecule has 0 bridgehead atoms. The molecule has 0 aromatic heterocycles. The van der Waals surface area contributed by atoms with Crippen molar-refractivity contribution in [1.82, 2.24) is 0 Å². The van der Waals surface area contributed by atoms with Gasteiger partial charge in [0.25, 0.3) is 0 Å². The fraction of sp³-hybridized carbons (Fsp3) is 0.500. The highest BCUT2D eigenvalue weighted by Crippen LogP contribution is 2.43. The first-order valence-electron chi connectivity index (χ1n) is 2.26. The summed E-state index contributed by atoms with van der Waals surface area (Å²) in [5.74, 6) is -8.87. The van der Waals surface area contributed by atoms with Gasteiger partial charge in [0.05, 0.1) is 0 Å². The molecule has 12 heavy (non-hydrogen) atoms. The van der Waals surface area contributed by atoms with E-state index < -0.39 is 21.8 Å². The second-order valence-corrected chi connectivity index (χ2v) is 2.59. The topological polar surface area (TPSA) is 0 Å². The average molecular weight is 308 g/mol. The fourth-order valence-corrected chi connectivity index (χ4v) is 0.582. The lowest BCUT2D eigenvalue weighted by Gasteiger charge is -2.16. The van der Waals surface area contributed by atoms with E-state index in [0.717, 1.165) is 0 Å². The maximum atomic E-state index is 11.8. The number of rotatable bonds is 1. The van der Waals surface area contributed by atoms with Crippen LogP contribution in [0.15, 0.2) is 9.66 Å². The Balaban J connectivity index is 5.01. The van der Waals surface area contributed by atoms with Crippen molar-refractivity contribution in [1.29, 1.82) is 0 Å². The molecule has 0 rings (SSSR count). The van der Waals surface area contributed by atoms with Gasteiger partial charge in [-0.15, -0.1) is 0 Å². The lowest BCUT2D eigenvalue weighted by atomic mass is 10.3. The minimum atomic E-state index is -6.11. The van der Waals surface area contributed by atoms with E-state index in [0.29, 0.717) is 22.6 Å². The van der Waals surface area contributed by atoms with Crippen molar-refractivity contribution in [2.75, 3.05) is 0 Å². The van der Waals surface area contributed by atoms with Crippen LogP contribution in [-0.4, -0.2) is 12.1 Å². The lowest BCUT2D eigenvalue weighted by Crippen LogP contribution is -2.37. The molecule has 0 saturated carbocycles. The third-order valence-electron chi connectivity index (χ3n) is 0.798. The van der Waals surface area contributed by atoms with Crippen molar-refractivity contribution < 1.29 is 30.7 Å². The second-order valence-electron chi connectivity index (χ2n) is 1.65. The minimum absolute atomic E-state index is 0.392. The molecule has 0 aliphatic heterocycles. The van der Waals surface area contributed by atoms with E-state index in [1.54, 1.807) is 0 Å². The summed E-state index contributed by atoms with van der Waals surface area (Å²) in [5.41, 5.74) is 0. The highest BCUT2D eigenvalue weighted by Gasteiger charge is 2.62. The van der Waals surface area contributed by atoms with Crippen LogP contribution < -0.4 is 0 Å². The molecule has 0 nitrogen and oxygen atoms in total. The molecule has 0 fully saturated rings. The number of hydrogen-bond acceptors (Lipinski definition) is 0. The Morgan fingerprint density at radius 1 is 0.917 bits per heavy atom. The molecule has 0 heterocycles. The maximum Gasteiger partial charge on any atom is 0.460 e. The van der Waals surface area contributed by atoms with E-state index in [4.69, 9.17) is 0 Å². The van der Waals surface area contributed by atoms with E-state index in [1.165, 1.54) is 0 Å². The number of halogens is 8. The van der Waals surface area contributed by atoms with Crippen LogP contribution in [0.2, 0.25) is 0 Å². The van der Waals surface area contributed by atoms with Crippen LogP contribution >= 0.6 is 22.6 Å². The van der Waals surface area contributed by atoms with Crippen LogP contribution in [0.3, 0.4) is 0 Å². The maximum absolute atomic E-state index is 11.8. The number of alkyl halides is 5. The largest absolute Gasteiger partial charge is 0.460 e. The van der Waals surface area contributed by atoms with Crippen molar-refractivity contribution in [3.05, 3.63) is 9.66 Å². The Morgan fingerprint density at radius 2 is 1.25 bits per heavy atom. The van der Waals surface area contributed by atoms with Gasteiger partial charge in [0.1, 0.15) is 0 Å². The second kappa shape index (κ2) is 3.38. The molecular weight excluding hydrogens is 308 g/mol. The molecule has 0 spiro atoms. The van der Waals surface area contributed by atoms with Crippen LogP contribution in [0.25, 0.3) is 0 Å². The Morgan fingerprint density at radius 3 is 1.33 bits per heavy atom. The zero-order valence-corrected chi connectivity index (χ0v) is 7.18. The summed E-state index contributed by atoms with van der Waals surface area (Å²) < 4.78 is 78.5. The summed E-state index contributed by atoms with van der Waals surface area (Å²) in [5, 5.41) is 0. The number of hydrogen-bond donors (Lipinski definition) is 0. The average Bonchev–Trinajstić information content (AvgIpc) is 1.83. The molecule has 0 aromatic rings. The summed E-state index contributed by atoms with van der Waals surface area (Å²) in [6, 6.07) is 0. The molecule has 8 heteroatoms. The van der Waals surface area contributed by atoms with E-state index in [-0.39, 0.29) is 0 Å². The fourth-order valence-electron chi connectivity index (χ4n) is 0.243. The van der Waals surface area contributed by atoms with Crippen molar-refractivity contribution in [3.63, 3.8) is 0 Å². The molecule has 0 aliphatic rings. The molecule has 0 unspecified atom stereocenters. The predicted octanol–water partition coefficient (Wildman–Crippen LogP) is 3.73. The summed E-state index contributed by atoms with van der Waals surface area (Å²) >= 11 is 0.392. The minimum Gasteiger partial charge on any atom is -0.201 e. The Kier molecular flexibility index (Phi) is 3.38. The van der Waals surface area contributed by atoms with Gasteiger partial charge in [-0.2, -0.15) is 26.3 Å². The van der Waals surface area contributed by atoms with Crippen molar-refractivity contribution in [2.45, 2.75) is 12.1 Å². The zero-order valence-electron chi connectivity index (χ0n) is 5.02. The molecule has 72 valence electrons. The van der Waals surface area contributed by atoms with Crippen LogP contribution in [0.1, 0.15) is 0 Å². The van der Waals surface area contributed by atoms with E-state index in [1.807, 2.05) is 0 Å². The van der Waals surface area contributed by atoms with Crippen molar-refractivity contribution in [2.24, 2.45) is 0 Å². The van der Waals surface area contributed by atoms with Gasteiger partial charge in [-0.1, -0.05) is 0 Å². The van der Waals surface area contributed by atoms with Crippen LogP contribution in [0, 0.1) is 0 Å². The van der Waals surface area contributed by atoms with E-state index in [2.05, 4.69) is 0 Å². The monoisotopic (exact) mass is 308 g/mol. The molecule has 0 atom stereocenters. The summed E-state index contributed by atoms with van der Waals surface area (Å²) in [6.07, 6.45) is -6.11. The predicted molar refractivity (Wildman–Crippen MR) is 34.3 cm³/mol. The van der Waals surface area contributed by atoms with Gasteiger partial charge in [0, 0.05) is 0 Å². The van der Waals surface area contributed by atoms with Gasteiger partial charge in [0.15, 0.2) is 3.83 Å². The highest BCUT2D eigenvalue weighted by atomic mass is 127. The van der Waals surface area contributed by atoms with Crippen molar-refractivity contribution in [3.8, 4) is 0 Å². The van der Waals surface area contributed by atoms with Crippen LogP contribution in [-0.2, 0) is 0 Å². The molecule has 0 radical (unpaired) electrons. The first kappa shape index (κ1) is 12.0. The first-order chi connectivity index (χ1) is 5.10. The first-order valence-corrected chi connectivity index (χ1v) is 3.34. The highest BCUT2D eigenvalue weighted by molar-refractivity contribution is 14.1. The van der Waals surface area contributed by atoms with Gasteiger partial charge in [-0.3, -0.25) is 0 Å². The van der Waals surface area contributed by atoms with Crippen LogP contribution in [0.4, 0.5) is 30.7 Å². The van der Waals surface area contributed by atoms with E-state index >= 15 is 0 Å². The smallest absolute Gasteiger partial charge is 0.201 e. The summed E-state index contributed by atoms with van der Waals surface area (Å²) in [6.45, 7) is 0. The zero-order chi connectivity index (χ0) is 10.2. The molecular formula is C4F7I. The summed E-state index contributed by atoms with van der Waals surface area (Å²) in [7, 11) is 0. The third kappa shape index (κ3) is 2.23. The van der Waals surface area contributed by atoms with Gasteiger partial charge in [-0.25, -0.2) is 4.39 Å². The molecule has 0 aromatic carbocycles. The number of allylic oxidation sites excluding steroid dienone is 1. The summed E-state index contributed by atoms with van der Waals surface area (Å²) in [4.78, 5) is 0. The van der Waals surface area contributed by atoms with Crippen molar-refractivity contribution >= 4 is 22.6 Å². The molecule has 0 amide bonds. The van der Waals surface area contributed by atoms with E-state index in [9.17, 15) is 30.7 Å². The SMILES string of the molecule is F/C(I)=C(\F)C(F)(F)C(F)(F)F. The van der Waals surface area contributed by atoms with Gasteiger partial charge < -0.3 is 0 Å². The standard InChI is InChI=1S/C4F7I/c5-1(2(6)12)3(7,8)4(9,10)11/b2-1+. The Labute approximate surface area is 75.6 Å². The van der Waals surface area contributed by atoms with Gasteiger partial charge in [0.2, 0.25) is 5.83 Å². The lowest BCUT2D eigenvalue weighted by molar-refractivity contribution is -0.270. The molecule has 0 aliphatic carbocycles. The third-order valence-corrected chi connectivity index (χ3v) is 1.27. The van der Waals surface area contributed by atoms with Crippen LogP contribution in [0.5, 0.6) is 0 Å².